The molecule has 0 aliphatic heterocycles. The summed E-state index contributed by atoms with van der Waals surface area (Å²) in [5, 5.41) is 2.98. The van der Waals surface area contributed by atoms with Crippen LogP contribution in [0.4, 0.5) is 0 Å². The molecule has 104 valence electrons. The van der Waals surface area contributed by atoms with Crippen LogP contribution in [0.2, 0.25) is 0 Å². The van der Waals surface area contributed by atoms with Gasteiger partial charge >= 0.3 is 0 Å². The molecule has 0 saturated heterocycles. The second kappa shape index (κ2) is 7.04. The molecule has 1 fully saturated rings. The molecule has 0 radical (unpaired) electrons. The van der Waals surface area contributed by atoms with E-state index in [0.717, 1.165) is 32.1 Å². The van der Waals surface area contributed by atoms with Gasteiger partial charge in [-0.2, -0.15) is 0 Å². The summed E-state index contributed by atoms with van der Waals surface area (Å²) >= 11 is 5.14. The van der Waals surface area contributed by atoms with Crippen LogP contribution in [0.15, 0.2) is 0 Å². The average Bonchev–Trinajstić information content (AvgIpc) is 2.32. The molecule has 3 N–H and O–H groups in total. The number of nitrogens with one attached hydrogen (secondary N) is 1. The minimum absolute atomic E-state index is 0.0910. The quantitative estimate of drug-likeness (QED) is 0.571. The van der Waals surface area contributed by atoms with Crippen molar-refractivity contribution in [3.63, 3.8) is 0 Å². The number of ether oxygens (including phenoxy) is 1. The Labute approximate surface area is 115 Å². The van der Waals surface area contributed by atoms with Crippen LogP contribution in [0.1, 0.15) is 46.0 Å². The third-order valence-electron chi connectivity index (χ3n) is 3.56. The van der Waals surface area contributed by atoms with Gasteiger partial charge in [0.25, 0.3) is 0 Å². The number of hydrogen-bond acceptors (Lipinski definition) is 3. The fraction of sp³-hybridized carbons (Fsp3) is 0.846. The smallest absolute Gasteiger partial charge is 0.246 e. The lowest BCUT2D eigenvalue weighted by atomic mass is 9.77. The monoisotopic (exact) mass is 272 g/mol. The van der Waals surface area contributed by atoms with Gasteiger partial charge < -0.3 is 15.8 Å². The van der Waals surface area contributed by atoms with Crippen molar-refractivity contribution in [3.05, 3.63) is 0 Å². The van der Waals surface area contributed by atoms with Crippen molar-refractivity contribution in [2.75, 3.05) is 13.2 Å². The molecule has 1 aliphatic carbocycles. The van der Waals surface area contributed by atoms with E-state index in [1.807, 2.05) is 6.92 Å². The summed E-state index contributed by atoms with van der Waals surface area (Å²) in [7, 11) is 0. The molecule has 0 spiro atoms. The highest BCUT2D eigenvalue weighted by atomic mass is 32.1. The van der Waals surface area contributed by atoms with Crippen LogP contribution in [0.5, 0.6) is 0 Å². The molecule has 0 aromatic carbocycles. The molecule has 1 aliphatic rings. The lowest BCUT2D eigenvalue weighted by molar-refractivity contribution is -0.127. The Hall–Kier alpha value is -0.680. The van der Waals surface area contributed by atoms with Crippen LogP contribution in [0.3, 0.4) is 0 Å². The van der Waals surface area contributed by atoms with Crippen LogP contribution in [-0.4, -0.2) is 29.6 Å². The van der Waals surface area contributed by atoms with Gasteiger partial charge in [-0.05, 0) is 38.0 Å². The van der Waals surface area contributed by atoms with Crippen LogP contribution < -0.4 is 11.1 Å². The number of amides is 1. The van der Waals surface area contributed by atoms with Gasteiger partial charge in [-0.25, -0.2) is 0 Å². The van der Waals surface area contributed by atoms with Crippen molar-refractivity contribution in [1.29, 1.82) is 0 Å². The Morgan fingerprint density at radius 3 is 2.61 bits per heavy atom. The van der Waals surface area contributed by atoms with Gasteiger partial charge in [0.05, 0.1) is 10.5 Å². The van der Waals surface area contributed by atoms with Gasteiger partial charge in [-0.3, -0.25) is 4.79 Å². The fourth-order valence-corrected chi connectivity index (χ4v) is 2.56. The molecule has 4 nitrogen and oxygen atoms in total. The van der Waals surface area contributed by atoms with E-state index in [2.05, 4.69) is 12.2 Å². The minimum atomic E-state index is -0.492. The highest BCUT2D eigenvalue weighted by Crippen LogP contribution is 2.32. The number of thiocarbonyl (C=S) groups is 1. The standard InChI is InChI=1S/C13H24N2O2S/c1-3-8-17-9-11(16)15-13(12(14)18)6-4-10(2)5-7-13/h10H,3-9H2,1-2H3,(H2,14,18)(H,15,16). The summed E-state index contributed by atoms with van der Waals surface area (Å²) in [6.45, 7) is 4.92. The van der Waals surface area contributed by atoms with E-state index in [0.29, 0.717) is 17.5 Å². The van der Waals surface area contributed by atoms with Crippen LogP contribution in [0, 0.1) is 5.92 Å². The largest absolute Gasteiger partial charge is 0.391 e. The van der Waals surface area contributed by atoms with E-state index in [1.54, 1.807) is 0 Å². The summed E-state index contributed by atoms with van der Waals surface area (Å²) in [4.78, 5) is 12.2. The summed E-state index contributed by atoms with van der Waals surface area (Å²) in [5.41, 5.74) is 5.34. The molecule has 1 rings (SSSR count). The number of hydrogen-bond donors (Lipinski definition) is 2. The van der Waals surface area contributed by atoms with Crippen molar-refractivity contribution in [2.45, 2.75) is 51.5 Å². The third kappa shape index (κ3) is 4.21. The summed E-state index contributed by atoms with van der Waals surface area (Å²) < 4.78 is 5.24. The minimum Gasteiger partial charge on any atom is -0.391 e. The molecular formula is C13H24N2O2S. The Morgan fingerprint density at radius 2 is 2.11 bits per heavy atom. The highest BCUT2D eigenvalue weighted by molar-refractivity contribution is 7.80. The number of carbonyl (C=O) groups is 1. The Balaban J connectivity index is 2.52. The first kappa shape index (κ1) is 15.4. The zero-order valence-electron chi connectivity index (χ0n) is 11.3. The number of carbonyl (C=O) groups excluding carboxylic acids is 1. The zero-order chi connectivity index (χ0) is 13.6. The van der Waals surface area contributed by atoms with Gasteiger partial charge in [0.1, 0.15) is 6.61 Å². The van der Waals surface area contributed by atoms with E-state index in [4.69, 9.17) is 22.7 Å². The maximum atomic E-state index is 11.8. The first-order chi connectivity index (χ1) is 8.50. The normalized spacial score (nSPS) is 27.8. The summed E-state index contributed by atoms with van der Waals surface area (Å²) in [6, 6.07) is 0. The Morgan fingerprint density at radius 1 is 1.50 bits per heavy atom. The second-order valence-corrected chi connectivity index (χ2v) is 5.67. The summed E-state index contributed by atoms with van der Waals surface area (Å²) in [5.74, 6) is 0.562. The van der Waals surface area contributed by atoms with E-state index in [1.165, 1.54) is 0 Å². The van der Waals surface area contributed by atoms with Gasteiger partial charge in [-0.1, -0.05) is 26.1 Å². The molecule has 1 saturated carbocycles. The molecule has 0 unspecified atom stereocenters. The van der Waals surface area contributed by atoms with Crippen LogP contribution in [-0.2, 0) is 9.53 Å². The Kier molecular flexibility index (Phi) is 6.02. The molecule has 18 heavy (non-hydrogen) atoms. The SMILES string of the molecule is CCCOCC(=O)NC1(C(N)=S)CCC(C)CC1. The predicted molar refractivity (Wildman–Crippen MR) is 76.4 cm³/mol. The van der Waals surface area contributed by atoms with Crippen LogP contribution >= 0.6 is 12.2 Å². The van der Waals surface area contributed by atoms with Crippen molar-refractivity contribution in [3.8, 4) is 0 Å². The van der Waals surface area contributed by atoms with E-state index >= 15 is 0 Å². The highest BCUT2D eigenvalue weighted by Gasteiger charge is 2.38. The van der Waals surface area contributed by atoms with Crippen molar-refractivity contribution >= 4 is 23.1 Å². The maximum Gasteiger partial charge on any atom is 0.246 e. The van der Waals surface area contributed by atoms with Gasteiger partial charge in [-0.15, -0.1) is 0 Å². The van der Waals surface area contributed by atoms with Crippen molar-refractivity contribution < 1.29 is 9.53 Å². The maximum absolute atomic E-state index is 11.8. The van der Waals surface area contributed by atoms with Gasteiger partial charge in [0, 0.05) is 6.61 Å². The van der Waals surface area contributed by atoms with Crippen molar-refractivity contribution in [2.24, 2.45) is 11.7 Å². The molecular weight excluding hydrogens is 248 g/mol. The van der Waals surface area contributed by atoms with Crippen LogP contribution in [0.25, 0.3) is 0 Å². The van der Waals surface area contributed by atoms with Gasteiger partial charge in [0.2, 0.25) is 5.91 Å². The zero-order valence-corrected chi connectivity index (χ0v) is 12.1. The number of nitrogens with two attached hydrogens (primary N) is 1. The predicted octanol–water partition coefficient (Wildman–Crippen LogP) is 1.76. The third-order valence-corrected chi connectivity index (χ3v) is 3.95. The molecule has 0 aromatic heterocycles. The fourth-order valence-electron chi connectivity index (χ4n) is 2.30. The molecule has 1 amide bonds. The molecule has 0 heterocycles. The topological polar surface area (TPSA) is 64.3 Å². The van der Waals surface area contributed by atoms with E-state index in [9.17, 15) is 4.79 Å². The molecule has 5 heteroatoms. The lowest BCUT2D eigenvalue weighted by Crippen LogP contribution is -2.59. The Bertz CT molecular complexity index is 299. The lowest BCUT2D eigenvalue weighted by Gasteiger charge is -2.39. The first-order valence-electron chi connectivity index (χ1n) is 6.69. The molecule has 0 atom stereocenters. The van der Waals surface area contributed by atoms with Gasteiger partial charge in [0.15, 0.2) is 0 Å². The van der Waals surface area contributed by atoms with Crippen molar-refractivity contribution in [1.82, 2.24) is 5.32 Å². The molecule has 0 bridgehead atoms. The number of rotatable bonds is 6. The summed E-state index contributed by atoms with van der Waals surface area (Å²) in [6.07, 6.45) is 4.68. The second-order valence-electron chi connectivity index (χ2n) is 5.23. The van der Waals surface area contributed by atoms with E-state index in [-0.39, 0.29) is 12.5 Å². The van der Waals surface area contributed by atoms with E-state index < -0.39 is 5.54 Å². The molecule has 0 aromatic rings. The average molecular weight is 272 g/mol. The first-order valence-corrected chi connectivity index (χ1v) is 7.09.